The highest BCUT2D eigenvalue weighted by atomic mass is 19.4. The predicted octanol–water partition coefficient (Wildman–Crippen LogP) is 6.12. The normalized spacial score (nSPS) is 22.9. The van der Waals surface area contributed by atoms with Crippen LogP contribution >= 0.6 is 0 Å². The van der Waals surface area contributed by atoms with Gasteiger partial charge in [0.1, 0.15) is 0 Å². The lowest BCUT2D eigenvalue weighted by Gasteiger charge is -2.49. The van der Waals surface area contributed by atoms with Gasteiger partial charge in [-0.2, -0.15) is 13.2 Å². The SMILES string of the molecule is Cc1cc2c(c(O)c1F)C(C)(C)CC(O)(C(F)(F)F)C2Nc1cccc2ccccc12. The van der Waals surface area contributed by atoms with Crippen LogP contribution in [0.1, 0.15) is 43.0 Å². The lowest BCUT2D eigenvalue weighted by molar-refractivity contribution is -0.276. The summed E-state index contributed by atoms with van der Waals surface area (Å²) in [6.07, 6.45) is -5.71. The zero-order valence-corrected chi connectivity index (χ0v) is 17.3. The maximum Gasteiger partial charge on any atom is 0.419 e. The maximum absolute atomic E-state index is 14.5. The first kappa shape index (κ1) is 21.4. The highest BCUT2D eigenvalue weighted by Gasteiger charge is 2.64. The van der Waals surface area contributed by atoms with Crippen molar-refractivity contribution >= 4 is 16.5 Å². The Bertz CT molecular complexity index is 1170. The van der Waals surface area contributed by atoms with Gasteiger partial charge in [-0.05, 0) is 41.3 Å². The van der Waals surface area contributed by atoms with Crippen molar-refractivity contribution in [3.05, 3.63) is 71.0 Å². The van der Waals surface area contributed by atoms with Crippen molar-refractivity contribution < 1.29 is 27.8 Å². The molecular formula is C24H23F4NO2. The number of hydrogen-bond acceptors (Lipinski definition) is 3. The summed E-state index contributed by atoms with van der Waals surface area (Å²) < 4.78 is 57.3. The summed E-state index contributed by atoms with van der Waals surface area (Å²) in [6.45, 7) is 4.30. The minimum Gasteiger partial charge on any atom is -0.505 e. The van der Waals surface area contributed by atoms with Crippen molar-refractivity contribution in [2.45, 2.75) is 50.4 Å². The standard InChI is InChI=1S/C24H23F4NO2/c1-13-11-16-18(20(30)19(13)25)22(2,3)12-23(31,24(26,27)28)21(16)29-17-10-6-8-14-7-4-5-9-15(14)17/h4-11,21,29-31H,12H2,1-3H3. The molecule has 3 aromatic carbocycles. The van der Waals surface area contributed by atoms with Crippen LogP contribution in [0.15, 0.2) is 48.5 Å². The third kappa shape index (κ3) is 3.22. The van der Waals surface area contributed by atoms with E-state index < -0.39 is 41.2 Å². The Morgan fingerprint density at radius 1 is 1.06 bits per heavy atom. The number of anilines is 1. The molecule has 31 heavy (non-hydrogen) atoms. The molecule has 0 saturated carbocycles. The van der Waals surface area contributed by atoms with Crippen molar-refractivity contribution in [1.29, 1.82) is 0 Å². The van der Waals surface area contributed by atoms with E-state index in [1.165, 1.54) is 26.8 Å². The Kier molecular flexibility index (Phi) is 4.74. The van der Waals surface area contributed by atoms with Crippen LogP contribution in [0.2, 0.25) is 0 Å². The van der Waals surface area contributed by atoms with Gasteiger partial charge in [-0.25, -0.2) is 4.39 Å². The molecule has 3 N–H and O–H groups in total. The molecular weight excluding hydrogens is 410 g/mol. The highest BCUT2D eigenvalue weighted by Crippen LogP contribution is 2.57. The average Bonchev–Trinajstić information content (AvgIpc) is 2.67. The third-order valence-electron chi connectivity index (χ3n) is 6.21. The van der Waals surface area contributed by atoms with E-state index in [0.29, 0.717) is 11.1 Å². The number of benzene rings is 3. The average molecular weight is 433 g/mol. The Hall–Kier alpha value is -2.80. The second-order valence-electron chi connectivity index (χ2n) is 8.91. The highest BCUT2D eigenvalue weighted by molar-refractivity contribution is 5.94. The summed E-state index contributed by atoms with van der Waals surface area (Å²) in [5, 5.41) is 26.0. The molecule has 0 bridgehead atoms. The number of aryl methyl sites for hydroxylation is 1. The number of hydrogen-bond donors (Lipinski definition) is 3. The molecule has 0 fully saturated rings. The monoisotopic (exact) mass is 433 g/mol. The summed E-state index contributed by atoms with van der Waals surface area (Å²) >= 11 is 0. The first-order valence-corrected chi connectivity index (χ1v) is 9.92. The van der Waals surface area contributed by atoms with Crippen LogP contribution < -0.4 is 5.32 Å². The molecule has 0 heterocycles. The van der Waals surface area contributed by atoms with E-state index in [2.05, 4.69) is 5.32 Å². The molecule has 0 aromatic heterocycles. The van der Waals surface area contributed by atoms with Crippen molar-refractivity contribution in [2.75, 3.05) is 5.32 Å². The number of phenolic OH excluding ortho intramolecular Hbond substituents is 1. The number of phenols is 1. The largest absolute Gasteiger partial charge is 0.505 e. The van der Waals surface area contributed by atoms with E-state index in [0.717, 1.165) is 5.39 Å². The Morgan fingerprint density at radius 2 is 1.71 bits per heavy atom. The second kappa shape index (κ2) is 6.85. The van der Waals surface area contributed by atoms with E-state index in [4.69, 9.17) is 0 Å². The first-order valence-electron chi connectivity index (χ1n) is 9.92. The van der Waals surface area contributed by atoms with Gasteiger partial charge in [-0.15, -0.1) is 0 Å². The Balaban J connectivity index is 1.99. The molecule has 0 radical (unpaired) electrons. The van der Waals surface area contributed by atoms with E-state index in [-0.39, 0.29) is 16.7 Å². The minimum atomic E-state index is -4.97. The van der Waals surface area contributed by atoms with Gasteiger partial charge in [0.05, 0.1) is 6.04 Å². The molecule has 3 aromatic rings. The number of fused-ring (bicyclic) bond motifs is 2. The van der Waals surface area contributed by atoms with E-state index in [1.54, 1.807) is 24.3 Å². The summed E-state index contributed by atoms with van der Waals surface area (Å²) in [5.74, 6) is -1.54. The smallest absolute Gasteiger partial charge is 0.419 e. The zero-order valence-electron chi connectivity index (χ0n) is 17.3. The van der Waals surface area contributed by atoms with Gasteiger partial charge in [0.25, 0.3) is 0 Å². The van der Waals surface area contributed by atoms with Crippen LogP contribution in [0.25, 0.3) is 10.8 Å². The van der Waals surface area contributed by atoms with E-state index in [1.807, 2.05) is 18.2 Å². The minimum absolute atomic E-state index is 0.00296. The quantitative estimate of drug-likeness (QED) is 0.427. The topological polar surface area (TPSA) is 52.5 Å². The molecule has 2 atom stereocenters. The number of alkyl halides is 3. The van der Waals surface area contributed by atoms with Crippen LogP contribution in [0.5, 0.6) is 5.75 Å². The van der Waals surface area contributed by atoms with Gasteiger partial charge in [-0.1, -0.05) is 56.3 Å². The van der Waals surface area contributed by atoms with Crippen LogP contribution in [-0.4, -0.2) is 22.0 Å². The van der Waals surface area contributed by atoms with Gasteiger partial charge >= 0.3 is 6.18 Å². The summed E-state index contributed by atoms with van der Waals surface area (Å²) in [5.41, 5.74) is -3.96. The van der Waals surface area contributed by atoms with Gasteiger partial charge in [0, 0.05) is 16.6 Å². The number of aliphatic hydroxyl groups is 1. The van der Waals surface area contributed by atoms with Crippen LogP contribution in [-0.2, 0) is 5.41 Å². The predicted molar refractivity (Wildman–Crippen MR) is 112 cm³/mol. The van der Waals surface area contributed by atoms with Gasteiger partial charge in [0.15, 0.2) is 17.2 Å². The van der Waals surface area contributed by atoms with Gasteiger partial charge < -0.3 is 15.5 Å². The summed E-state index contributed by atoms with van der Waals surface area (Å²) in [7, 11) is 0. The number of aromatic hydroxyl groups is 1. The molecule has 2 unspecified atom stereocenters. The molecule has 0 spiro atoms. The molecule has 0 amide bonds. The van der Waals surface area contributed by atoms with Crippen molar-refractivity contribution in [3.8, 4) is 5.75 Å². The zero-order chi connectivity index (χ0) is 22.8. The fraction of sp³-hybridized carbons (Fsp3) is 0.333. The Morgan fingerprint density at radius 3 is 2.39 bits per heavy atom. The summed E-state index contributed by atoms with van der Waals surface area (Å²) in [4.78, 5) is 0. The second-order valence-corrected chi connectivity index (χ2v) is 8.91. The summed E-state index contributed by atoms with van der Waals surface area (Å²) in [6, 6.07) is 12.0. The molecule has 0 aliphatic heterocycles. The fourth-order valence-electron chi connectivity index (χ4n) is 4.83. The lowest BCUT2D eigenvalue weighted by Crippen LogP contribution is -2.58. The molecule has 7 heteroatoms. The first-order chi connectivity index (χ1) is 14.4. The molecule has 3 nitrogen and oxygen atoms in total. The molecule has 1 aliphatic carbocycles. The molecule has 4 rings (SSSR count). The van der Waals surface area contributed by atoms with Gasteiger partial charge in [-0.3, -0.25) is 0 Å². The van der Waals surface area contributed by atoms with Crippen LogP contribution in [0.3, 0.4) is 0 Å². The number of nitrogens with one attached hydrogen (secondary N) is 1. The van der Waals surface area contributed by atoms with Crippen molar-refractivity contribution in [1.82, 2.24) is 0 Å². The fourth-order valence-corrected chi connectivity index (χ4v) is 4.83. The Labute approximate surface area is 177 Å². The van der Waals surface area contributed by atoms with Crippen molar-refractivity contribution in [2.24, 2.45) is 0 Å². The van der Waals surface area contributed by atoms with E-state index in [9.17, 15) is 27.8 Å². The van der Waals surface area contributed by atoms with Crippen LogP contribution in [0.4, 0.5) is 23.2 Å². The van der Waals surface area contributed by atoms with Gasteiger partial charge in [0.2, 0.25) is 0 Å². The maximum atomic E-state index is 14.5. The number of halogens is 4. The lowest BCUT2D eigenvalue weighted by atomic mass is 9.63. The van der Waals surface area contributed by atoms with Crippen molar-refractivity contribution in [3.63, 3.8) is 0 Å². The number of rotatable bonds is 2. The van der Waals surface area contributed by atoms with Crippen LogP contribution in [0, 0.1) is 12.7 Å². The third-order valence-corrected chi connectivity index (χ3v) is 6.21. The molecule has 164 valence electrons. The van der Waals surface area contributed by atoms with E-state index >= 15 is 0 Å². The molecule has 0 saturated heterocycles. The molecule has 1 aliphatic rings.